The molecule has 0 bridgehead atoms. The summed E-state index contributed by atoms with van der Waals surface area (Å²) in [5.74, 6) is -0.269. The summed E-state index contributed by atoms with van der Waals surface area (Å²) < 4.78 is 45.5. The van der Waals surface area contributed by atoms with Gasteiger partial charge >= 0.3 is 6.36 Å². The number of piperidine rings is 1. The van der Waals surface area contributed by atoms with Crippen molar-refractivity contribution >= 4 is 5.91 Å². The van der Waals surface area contributed by atoms with E-state index in [9.17, 15) is 18.0 Å². The van der Waals surface area contributed by atoms with Crippen molar-refractivity contribution in [2.45, 2.75) is 38.3 Å². The minimum atomic E-state index is -4.73. The van der Waals surface area contributed by atoms with Gasteiger partial charge in [0.25, 0.3) is 5.91 Å². The van der Waals surface area contributed by atoms with E-state index < -0.39 is 12.5 Å². The van der Waals surface area contributed by atoms with E-state index in [4.69, 9.17) is 4.74 Å². The molecule has 1 heterocycles. The first-order chi connectivity index (χ1) is 11.2. The van der Waals surface area contributed by atoms with Crippen LogP contribution in [0.2, 0.25) is 0 Å². The lowest BCUT2D eigenvalue weighted by Crippen LogP contribution is -2.47. The van der Waals surface area contributed by atoms with Gasteiger partial charge in [0.05, 0.1) is 0 Å². The number of ether oxygens (including phenoxy) is 2. The number of rotatable bonds is 5. The van der Waals surface area contributed by atoms with Crippen molar-refractivity contribution in [2.24, 2.45) is 0 Å². The third-order valence-corrected chi connectivity index (χ3v) is 3.80. The van der Waals surface area contributed by atoms with Gasteiger partial charge in [0.1, 0.15) is 11.5 Å². The molecule has 24 heavy (non-hydrogen) atoms. The molecule has 0 saturated carbocycles. The number of halogens is 3. The topological polar surface area (TPSA) is 50.8 Å². The van der Waals surface area contributed by atoms with Gasteiger partial charge in [-0.3, -0.25) is 4.79 Å². The first-order valence-corrected chi connectivity index (χ1v) is 7.74. The summed E-state index contributed by atoms with van der Waals surface area (Å²) in [5.41, 5.74) is 0. The lowest BCUT2D eigenvalue weighted by Gasteiger charge is -2.30. The number of likely N-dealkylation sites (tertiary alicyclic amines) is 1. The fourth-order valence-corrected chi connectivity index (χ4v) is 2.45. The summed E-state index contributed by atoms with van der Waals surface area (Å²) in [6, 6.07) is 5.08. The number of amides is 1. The predicted octanol–water partition coefficient (Wildman–Crippen LogP) is 2.56. The molecule has 1 fully saturated rings. The van der Waals surface area contributed by atoms with E-state index in [-0.39, 0.29) is 17.7 Å². The molecule has 8 heteroatoms. The Kier molecular flexibility index (Phi) is 5.93. The molecule has 1 aromatic rings. The normalized spacial score (nSPS) is 18.0. The van der Waals surface area contributed by atoms with Crippen LogP contribution in [0.15, 0.2) is 24.3 Å². The maximum atomic E-state index is 12.1. The fourth-order valence-electron chi connectivity index (χ4n) is 2.45. The third-order valence-electron chi connectivity index (χ3n) is 3.80. The molecule has 0 radical (unpaired) electrons. The zero-order chi connectivity index (χ0) is 17.7. The van der Waals surface area contributed by atoms with Crippen molar-refractivity contribution in [3.05, 3.63) is 24.3 Å². The average Bonchev–Trinajstić information content (AvgIpc) is 2.50. The van der Waals surface area contributed by atoms with Gasteiger partial charge in [-0.2, -0.15) is 0 Å². The number of carbonyl (C=O) groups excluding carboxylic acids is 1. The van der Waals surface area contributed by atoms with Crippen LogP contribution in [-0.2, 0) is 4.79 Å². The van der Waals surface area contributed by atoms with Crippen molar-refractivity contribution in [3.8, 4) is 11.5 Å². The Morgan fingerprint density at radius 1 is 1.21 bits per heavy atom. The number of nitrogens with zero attached hydrogens (tertiary/aromatic N) is 1. The standard InChI is InChI=1S/C16H21F3N2O3/c1-11(15(22)20-12-7-9-21(2)10-8-12)23-13-3-5-14(6-4-13)24-16(17,18)19/h3-6,11-12H,7-10H2,1-2H3,(H,20,22). The average molecular weight is 346 g/mol. The highest BCUT2D eigenvalue weighted by atomic mass is 19.4. The van der Waals surface area contributed by atoms with Crippen LogP contribution in [0.3, 0.4) is 0 Å². The van der Waals surface area contributed by atoms with Crippen molar-refractivity contribution in [3.63, 3.8) is 0 Å². The second kappa shape index (κ2) is 7.74. The second-order valence-electron chi connectivity index (χ2n) is 5.87. The van der Waals surface area contributed by atoms with E-state index in [1.165, 1.54) is 12.1 Å². The monoisotopic (exact) mass is 346 g/mol. The molecule has 0 spiro atoms. The molecule has 0 aliphatic carbocycles. The quantitative estimate of drug-likeness (QED) is 0.890. The Labute approximate surface area is 138 Å². The maximum absolute atomic E-state index is 12.1. The van der Waals surface area contributed by atoms with Gasteiger partial charge in [-0.1, -0.05) is 0 Å². The minimum absolute atomic E-state index is 0.127. The van der Waals surface area contributed by atoms with Crippen molar-refractivity contribution in [1.82, 2.24) is 10.2 Å². The Hall–Kier alpha value is -1.96. The van der Waals surface area contributed by atoms with Gasteiger partial charge in [0.15, 0.2) is 6.10 Å². The SMILES string of the molecule is CC(Oc1ccc(OC(F)(F)F)cc1)C(=O)NC1CCN(C)CC1. The van der Waals surface area contributed by atoms with E-state index in [2.05, 4.69) is 15.0 Å². The van der Waals surface area contributed by atoms with Crippen molar-refractivity contribution in [2.75, 3.05) is 20.1 Å². The van der Waals surface area contributed by atoms with E-state index >= 15 is 0 Å². The Balaban J connectivity index is 1.82. The number of carbonyl (C=O) groups is 1. The third kappa shape index (κ3) is 5.92. The molecule has 1 saturated heterocycles. The first-order valence-electron chi connectivity index (χ1n) is 7.74. The molecule has 2 rings (SSSR count). The number of alkyl halides is 3. The second-order valence-corrected chi connectivity index (χ2v) is 5.87. The van der Waals surface area contributed by atoms with Crippen molar-refractivity contribution in [1.29, 1.82) is 0 Å². The summed E-state index contributed by atoms with van der Waals surface area (Å²) >= 11 is 0. The Morgan fingerprint density at radius 3 is 2.29 bits per heavy atom. The van der Waals surface area contributed by atoms with E-state index in [1.807, 2.05) is 7.05 Å². The summed E-state index contributed by atoms with van der Waals surface area (Å²) in [5, 5.41) is 2.94. The molecule has 0 aromatic heterocycles. The van der Waals surface area contributed by atoms with Gasteiger partial charge in [0.2, 0.25) is 0 Å². The minimum Gasteiger partial charge on any atom is -0.481 e. The molecule has 134 valence electrons. The van der Waals surface area contributed by atoms with Crippen LogP contribution in [0.4, 0.5) is 13.2 Å². The largest absolute Gasteiger partial charge is 0.573 e. The van der Waals surface area contributed by atoms with Gasteiger partial charge < -0.3 is 19.7 Å². The van der Waals surface area contributed by atoms with Crippen molar-refractivity contribution < 1.29 is 27.4 Å². The summed E-state index contributed by atoms with van der Waals surface area (Å²) in [4.78, 5) is 14.3. The van der Waals surface area contributed by atoms with Crippen LogP contribution in [-0.4, -0.2) is 49.5 Å². The highest BCUT2D eigenvalue weighted by molar-refractivity contribution is 5.81. The predicted molar refractivity (Wildman–Crippen MR) is 81.9 cm³/mol. The zero-order valence-electron chi connectivity index (χ0n) is 13.6. The number of hydrogen-bond acceptors (Lipinski definition) is 4. The lowest BCUT2D eigenvalue weighted by atomic mass is 10.1. The van der Waals surface area contributed by atoms with Gasteiger partial charge in [-0.05, 0) is 64.2 Å². The number of hydrogen-bond donors (Lipinski definition) is 1. The molecular weight excluding hydrogens is 325 g/mol. The summed E-state index contributed by atoms with van der Waals surface area (Å²) in [6.07, 6.45) is -3.69. The van der Waals surface area contributed by atoms with Gasteiger partial charge in [-0.25, -0.2) is 0 Å². The van der Waals surface area contributed by atoms with Crippen LogP contribution in [0.1, 0.15) is 19.8 Å². The molecule has 1 N–H and O–H groups in total. The summed E-state index contributed by atoms with van der Waals surface area (Å²) in [6.45, 7) is 3.46. The van der Waals surface area contributed by atoms with Crippen LogP contribution in [0.25, 0.3) is 0 Å². The highest BCUT2D eigenvalue weighted by Gasteiger charge is 2.31. The Bertz CT molecular complexity index is 540. The number of benzene rings is 1. The van der Waals surface area contributed by atoms with E-state index in [0.29, 0.717) is 5.75 Å². The van der Waals surface area contributed by atoms with Crippen LogP contribution in [0, 0.1) is 0 Å². The number of nitrogens with one attached hydrogen (secondary N) is 1. The molecular formula is C16H21F3N2O3. The summed E-state index contributed by atoms with van der Waals surface area (Å²) in [7, 11) is 2.04. The van der Waals surface area contributed by atoms with Crippen LogP contribution >= 0.6 is 0 Å². The zero-order valence-corrected chi connectivity index (χ0v) is 13.6. The maximum Gasteiger partial charge on any atom is 0.573 e. The smallest absolute Gasteiger partial charge is 0.481 e. The molecule has 1 aliphatic heterocycles. The van der Waals surface area contributed by atoms with Crippen LogP contribution < -0.4 is 14.8 Å². The molecule has 1 aromatic carbocycles. The molecule has 1 amide bonds. The first kappa shape index (κ1) is 18.4. The van der Waals surface area contributed by atoms with Crippen LogP contribution in [0.5, 0.6) is 11.5 Å². The van der Waals surface area contributed by atoms with E-state index in [0.717, 1.165) is 38.1 Å². The van der Waals surface area contributed by atoms with Gasteiger partial charge in [-0.15, -0.1) is 13.2 Å². The lowest BCUT2D eigenvalue weighted by molar-refractivity contribution is -0.274. The molecule has 1 aliphatic rings. The fraction of sp³-hybridized carbons (Fsp3) is 0.562. The molecule has 1 atom stereocenters. The Morgan fingerprint density at radius 2 is 1.75 bits per heavy atom. The van der Waals surface area contributed by atoms with Gasteiger partial charge in [0, 0.05) is 6.04 Å². The van der Waals surface area contributed by atoms with E-state index in [1.54, 1.807) is 6.92 Å². The molecule has 1 unspecified atom stereocenters. The molecule has 5 nitrogen and oxygen atoms in total. The highest BCUT2D eigenvalue weighted by Crippen LogP contribution is 2.25.